The molecule has 1 aromatic heterocycles. The number of aromatic nitrogens is 2. The molecule has 9 heteroatoms. The lowest BCUT2D eigenvalue weighted by Gasteiger charge is -2.17. The Kier molecular flexibility index (Phi) is 6.35. The fourth-order valence-electron chi connectivity index (χ4n) is 3.49. The molecule has 0 aliphatic rings. The monoisotopic (exact) mass is 463 g/mol. The molecule has 34 heavy (non-hydrogen) atoms. The van der Waals surface area contributed by atoms with Crippen LogP contribution in [0.3, 0.4) is 0 Å². The molecule has 0 saturated carbocycles. The molecule has 7 nitrogen and oxygen atoms in total. The quantitative estimate of drug-likeness (QED) is 0.375. The number of halogens is 2. The summed E-state index contributed by atoms with van der Waals surface area (Å²) in [6.07, 6.45) is -0.401. The van der Waals surface area contributed by atoms with Gasteiger partial charge in [-0.05, 0) is 41.0 Å². The number of nitrogens with one attached hydrogen (secondary N) is 1. The summed E-state index contributed by atoms with van der Waals surface area (Å²) >= 11 is 0. The maximum absolute atomic E-state index is 14.1. The Bertz CT molecular complexity index is 1340. The van der Waals surface area contributed by atoms with Crippen molar-refractivity contribution >= 4 is 11.9 Å². The Morgan fingerprint density at radius 3 is 2.18 bits per heavy atom. The van der Waals surface area contributed by atoms with Gasteiger partial charge in [-0.2, -0.15) is 9.78 Å². The smallest absolute Gasteiger partial charge is 0.305 e. The van der Waals surface area contributed by atoms with Crippen LogP contribution in [0.5, 0.6) is 5.88 Å². The highest BCUT2D eigenvalue weighted by Gasteiger charge is 2.22. The van der Waals surface area contributed by atoms with Crippen LogP contribution in [0.2, 0.25) is 0 Å². The van der Waals surface area contributed by atoms with E-state index in [2.05, 4.69) is 10.4 Å². The lowest BCUT2D eigenvalue weighted by molar-refractivity contribution is -0.137. The van der Waals surface area contributed by atoms with E-state index in [1.165, 1.54) is 30.3 Å². The number of benzene rings is 3. The zero-order chi connectivity index (χ0) is 24.2. The summed E-state index contributed by atoms with van der Waals surface area (Å²) < 4.78 is 28.1. The van der Waals surface area contributed by atoms with Gasteiger partial charge in [0.15, 0.2) is 5.69 Å². The average Bonchev–Trinajstić information content (AvgIpc) is 3.21. The van der Waals surface area contributed by atoms with Crippen molar-refractivity contribution in [1.82, 2.24) is 15.1 Å². The number of rotatable bonds is 7. The predicted molar refractivity (Wildman–Crippen MR) is 119 cm³/mol. The summed E-state index contributed by atoms with van der Waals surface area (Å²) in [5.41, 5.74) is 1.84. The van der Waals surface area contributed by atoms with E-state index < -0.39 is 36.0 Å². The van der Waals surface area contributed by atoms with Crippen LogP contribution in [0.15, 0.2) is 78.9 Å². The Morgan fingerprint density at radius 2 is 1.56 bits per heavy atom. The van der Waals surface area contributed by atoms with Gasteiger partial charge in [-0.1, -0.05) is 48.5 Å². The Balaban J connectivity index is 1.56. The van der Waals surface area contributed by atoms with Gasteiger partial charge in [0.2, 0.25) is 5.88 Å². The van der Waals surface area contributed by atoms with Crippen molar-refractivity contribution in [3.05, 3.63) is 102 Å². The van der Waals surface area contributed by atoms with Gasteiger partial charge in [0.1, 0.15) is 17.3 Å². The lowest BCUT2D eigenvalue weighted by Crippen LogP contribution is -2.30. The molecule has 0 fully saturated rings. The van der Waals surface area contributed by atoms with Crippen molar-refractivity contribution in [3.63, 3.8) is 0 Å². The fraction of sp³-hybridized carbons (Fsp3) is 0.0800. The molecular formula is C25H19F2N3O4. The highest BCUT2D eigenvalue weighted by molar-refractivity contribution is 5.93. The van der Waals surface area contributed by atoms with Gasteiger partial charge in [0, 0.05) is 6.07 Å². The average molecular weight is 463 g/mol. The highest BCUT2D eigenvalue weighted by Crippen LogP contribution is 2.25. The minimum atomic E-state index is -1.13. The van der Waals surface area contributed by atoms with Crippen LogP contribution >= 0.6 is 0 Å². The molecule has 0 radical (unpaired) electrons. The van der Waals surface area contributed by atoms with E-state index in [4.69, 9.17) is 0 Å². The van der Waals surface area contributed by atoms with Crippen LogP contribution in [0.25, 0.3) is 16.8 Å². The second-order valence-corrected chi connectivity index (χ2v) is 7.50. The molecule has 1 atom stereocenters. The molecule has 0 bridgehead atoms. The topological polar surface area (TPSA) is 104 Å². The Morgan fingerprint density at radius 1 is 0.941 bits per heavy atom. The van der Waals surface area contributed by atoms with Gasteiger partial charge in [-0.25, -0.2) is 8.78 Å². The minimum Gasteiger partial charge on any atom is -0.493 e. The highest BCUT2D eigenvalue weighted by atomic mass is 19.1. The molecule has 1 heterocycles. The van der Waals surface area contributed by atoms with Crippen LogP contribution in [0, 0.1) is 11.6 Å². The number of nitrogens with zero attached hydrogens (tertiary/aromatic N) is 2. The molecule has 172 valence electrons. The van der Waals surface area contributed by atoms with Crippen LogP contribution in [0.1, 0.15) is 28.5 Å². The van der Waals surface area contributed by atoms with Crippen molar-refractivity contribution in [1.29, 1.82) is 0 Å². The molecule has 1 amide bonds. The molecule has 4 rings (SSSR count). The largest absolute Gasteiger partial charge is 0.493 e. The maximum atomic E-state index is 14.1. The lowest BCUT2D eigenvalue weighted by atomic mass is 9.99. The number of carbonyl (C=O) groups is 2. The van der Waals surface area contributed by atoms with Crippen molar-refractivity contribution in [3.8, 4) is 22.7 Å². The van der Waals surface area contributed by atoms with E-state index in [9.17, 15) is 28.6 Å². The van der Waals surface area contributed by atoms with Crippen molar-refractivity contribution in [2.75, 3.05) is 0 Å². The summed E-state index contributed by atoms with van der Waals surface area (Å²) in [6, 6.07) is 18.5. The third kappa shape index (κ3) is 4.93. The molecule has 0 unspecified atom stereocenters. The summed E-state index contributed by atoms with van der Waals surface area (Å²) in [7, 11) is 0. The number of para-hydroxylation sites is 1. The standard InChI is InChI=1S/C25H19F2N3O4/c26-18-11-9-16(10-12-18)15-5-7-17(8-6-15)20(14-24(32)33)28-25(34)21-13-23(31)30(29-21)22-4-2-1-3-19(22)27/h1-13,20,31H,14H2,(H,28,34)(H,32,33)/t20-/m0/s1. The summed E-state index contributed by atoms with van der Waals surface area (Å²) in [5, 5.41) is 26.0. The van der Waals surface area contributed by atoms with Gasteiger partial charge in [0.25, 0.3) is 5.91 Å². The van der Waals surface area contributed by atoms with E-state index in [1.807, 2.05) is 0 Å². The van der Waals surface area contributed by atoms with Gasteiger partial charge >= 0.3 is 5.97 Å². The van der Waals surface area contributed by atoms with E-state index in [-0.39, 0.29) is 17.2 Å². The second kappa shape index (κ2) is 9.53. The number of carboxylic acid groups (broad SMARTS) is 1. The zero-order valence-electron chi connectivity index (χ0n) is 17.7. The first-order valence-corrected chi connectivity index (χ1v) is 10.2. The van der Waals surface area contributed by atoms with Crippen molar-refractivity contribution < 1.29 is 28.6 Å². The molecule has 4 aromatic rings. The fourth-order valence-corrected chi connectivity index (χ4v) is 3.49. The van der Waals surface area contributed by atoms with Crippen LogP contribution < -0.4 is 5.32 Å². The summed E-state index contributed by atoms with van der Waals surface area (Å²) in [5.74, 6) is -3.31. The number of amides is 1. The van der Waals surface area contributed by atoms with Crippen LogP contribution in [0.4, 0.5) is 8.78 Å². The molecule has 0 aliphatic carbocycles. The number of hydrogen-bond donors (Lipinski definition) is 3. The molecule has 0 spiro atoms. The second-order valence-electron chi connectivity index (χ2n) is 7.50. The molecule has 3 N–H and O–H groups in total. The van der Waals surface area contributed by atoms with Gasteiger partial charge < -0.3 is 15.5 Å². The number of carboxylic acids is 1. The first kappa shape index (κ1) is 22.7. The van der Waals surface area contributed by atoms with Crippen LogP contribution in [-0.2, 0) is 4.79 Å². The third-order valence-electron chi connectivity index (χ3n) is 5.18. The number of aliphatic carboxylic acids is 1. The van der Waals surface area contributed by atoms with E-state index in [0.717, 1.165) is 21.9 Å². The van der Waals surface area contributed by atoms with E-state index in [1.54, 1.807) is 42.5 Å². The first-order chi connectivity index (χ1) is 16.3. The number of hydrogen-bond acceptors (Lipinski definition) is 4. The van der Waals surface area contributed by atoms with Gasteiger partial charge in [0.05, 0.1) is 12.5 Å². The van der Waals surface area contributed by atoms with Crippen LogP contribution in [-0.4, -0.2) is 31.9 Å². The number of carbonyl (C=O) groups excluding carboxylic acids is 1. The van der Waals surface area contributed by atoms with E-state index in [0.29, 0.717) is 5.56 Å². The summed E-state index contributed by atoms with van der Waals surface area (Å²) in [6.45, 7) is 0. The molecular weight excluding hydrogens is 444 g/mol. The minimum absolute atomic E-state index is 0.0440. The van der Waals surface area contributed by atoms with E-state index >= 15 is 0 Å². The van der Waals surface area contributed by atoms with Crippen molar-refractivity contribution in [2.24, 2.45) is 0 Å². The Hall–Kier alpha value is -4.53. The third-order valence-corrected chi connectivity index (χ3v) is 5.18. The summed E-state index contributed by atoms with van der Waals surface area (Å²) in [4.78, 5) is 24.2. The van der Waals surface area contributed by atoms with Gasteiger partial charge in [-0.15, -0.1) is 0 Å². The zero-order valence-corrected chi connectivity index (χ0v) is 17.7. The molecule has 0 saturated heterocycles. The maximum Gasteiger partial charge on any atom is 0.305 e. The normalized spacial score (nSPS) is 11.7. The Labute approximate surface area is 192 Å². The SMILES string of the molecule is O=C(O)C[C@H](NC(=O)c1cc(O)n(-c2ccccc2F)n1)c1ccc(-c2ccc(F)cc2)cc1. The predicted octanol–water partition coefficient (Wildman–Crippen LogP) is 4.47. The molecule has 0 aliphatic heterocycles. The molecule has 3 aromatic carbocycles. The van der Waals surface area contributed by atoms with Gasteiger partial charge in [-0.3, -0.25) is 9.59 Å². The number of aromatic hydroxyl groups is 1. The first-order valence-electron chi connectivity index (χ1n) is 10.2. The van der Waals surface area contributed by atoms with Crippen molar-refractivity contribution in [2.45, 2.75) is 12.5 Å².